The Morgan fingerprint density at radius 2 is 1.93 bits per heavy atom. The maximum absolute atomic E-state index is 13.0. The summed E-state index contributed by atoms with van der Waals surface area (Å²) in [5.41, 5.74) is 4.69. The summed E-state index contributed by atoms with van der Waals surface area (Å²) < 4.78 is 11.1. The molecule has 0 spiro atoms. The number of benzene rings is 2. The molecule has 0 saturated carbocycles. The molecule has 1 fully saturated rings. The molecule has 2 atom stereocenters. The van der Waals surface area contributed by atoms with Gasteiger partial charge in [-0.05, 0) is 35.7 Å². The average molecular weight is 375 g/mol. The number of para-hydroxylation sites is 1. The van der Waals surface area contributed by atoms with Crippen molar-refractivity contribution in [3.8, 4) is 11.5 Å². The van der Waals surface area contributed by atoms with E-state index in [4.69, 9.17) is 9.47 Å². The zero-order valence-electron chi connectivity index (χ0n) is 15.6. The van der Waals surface area contributed by atoms with Crippen LogP contribution in [0.15, 0.2) is 42.5 Å². The highest BCUT2D eigenvalue weighted by atomic mass is 16.7. The van der Waals surface area contributed by atoms with Crippen LogP contribution < -0.4 is 9.47 Å². The number of carbonyl (C=O) groups excluding carboxylic acids is 1. The van der Waals surface area contributed by atoms with Gasteiger partial charge >= 0.3 is 0 Å². The molecule has 1 amide bonds. The number of aromatic amines is 1. The van der Waals surface area contributed by atoms with Crippen LogP contribution in [-0.2, 0) is 11.2 Å². The number of amides is 1. The Morgan fingerprint density at radius 3 is 2.86 bits per heavy atom. The van der Waals surface area contributed by atoms with Gasteiger partial charge in [0, 0.05) is 36.7 Å². The first kappa shape index (κ1) is 16.0. The van der Waals surface area contributed by atoms with Crippen molar-refractivity contribution in [2.24, 2.45) is 0 Å². The molecule has 3 aliphatic rings. The molecule has 3 aromatic rings. The smallest absolute Gasteiger partial charge is 0.240 e. The number of likely N-dealkylation sites (N-methyl/N-ethyl adjacent to an activating group) is 1. The van der Waals surface area contributed by atoms with Crippen molar-refractivity contribution < 1.29 is 14.3 Å². The summed E-state index contributed by atoms with van der Waals surface area (Å²) in [5.74, 6) is 1.76. The number of nitrogens with zero attached hydrogens (tertiary/aromatic N) is 2. The third-order valence-corrected chi connectivity index (χ3v) is 6.32. The summed E-state index contributed by atoms with van der Waals surface area (Å²) in [6, 6.07) is 14.4. The van der Waals surface area contributed by atoms with Crippen molar-refractivity contribution in [3.63, 3.8) is 0 Å². The predicted molar refractivity (Wildman–Crippen MR) is 105 cm³/mol. The Bertz CT molecular complexity index is 1110. The number of H-pyrrole nitrogens is 1. The van der Waals surface area contributed by atoms with Crippen LogP contribution in [0.5, 0.6) is 11.5 Å². The van der Waals surface area contributed by atoms with E-state index in [1.165, 1.54) is 16.6 Å². The molecule has 6 rings (SSSR count). The number of hydrogen-bond acceptors (Lipinski definition) is 4. The summed E-state index contributed by atoms with van der Waals surface area (Å²) in [6.07, 6.45) is 0.740. The molecule has 4 heterocycles. The predicted octanol–water partition coefficient (Wildman–Crippen LogP) is 2.68. The molecule has 2 aromatic carbocycles. The highest BCUT2D eigenvalue weighted by molar-refractivity contribution is 5.89. The van der Waals surface area contributed by atoms with Crippen molar-refractivity contribution in [2.75, 3.05) is 26.9 Å². The van der Waals surface area contributed by atoms with Crippen LogP contribution in [0.4, 0.5) is 0 Å². The minimum Gasteiger partial charge on any atom is -0.454 e. The normalized spacial score (nSPS) is 23.8. The molecule has 1 saturated heterocycles. The first-order valence-electron chi connectivity index (χ1n) is 9.70. The van der Waals surface area contributed by atoms with Crippen molar-refractivity contribution in [3.05, 3.63) is 59.3 Å². The molecule has 6 nitrogen and oxygen atoms in total. The minimum absolute atomic E-state index is 0.00620. The molecule has 6 heteroatoms. The number of piperazine rings is 1. The summed E-state index contributed by atoms with van der Waals surface area (Å²) in [4.78, 5) is 20.9. The van der Waals surface area contributed by atoms with Gasteiger partial charge in [0.05, 0.1) is 12.1 Å². The van der Waals surface area contributed by atoms with Crippen molar-refractivity contribution in [2.45, 2.75) is 18.5 Å². The summed E-state index contributed by atoms with van der Waals surface area (Å²) >= 11 is 0. The Kier molecular flexibility index (Phi) is 3.29. The van der Waals surface area contributed by atoms with E-state index in [1.54, 1.807) is 0 Å². The third kappa shape index (κ3) is 2.15. The van der Waals surface area contributed by atoms with E-state index >= 15 is 0 Å². The third-order valence-electron chi connectivity index (χ3n) is 6.32. The fraction of sp³-hybridized carbons (Fsp3) is 0.318. The second kappa shape index (κ2) is 5.75. The number of fused-ring (bicyclic) bond motifs is 5. The molecule has 142 valence electrons. The molecule has 28 heavy (non-hydrogen) atoms. The van der Waals surface area contributed by atoms with Gasteiger partial charge in [0.1, 0.15) is 0 Å². The lowest BCUT2D eigenvalue weighted by molar-refractivity contribution is -0.141. The lowest BCUT2D eigenvalue weighted by atomic mass is 9.86. The Labute approximate surface area is 162 Å². The van der Waals surface area contributed by atoms with Gasteiger partial charge in [-0.3, -0.25) is 9.69 Å². The van der Waals surface area contributed by atoms with E-state index < -0.39 is 0 Å². The molecular formula is C22H21N3O3. The van der Waals surface area contributed by atoms with Gasteiger partial charge < -0.3 is 19.4 Å². The van der Waals surface area contributed by atoms with Gasteiger partial charge in [-0.2, -0.15) is 0 Å². The SMILES string of the molecule is CN1CCN2C(Cc3c([nH]c4ccccc34)[C@H]2c2ccc3c(c2)OCO3)C1=O. The van der Waals surface area contributed by atoms with Gasteiger partial charge in [-0.1, -0.05) is 24.3 Å². The molecule has 3 aliphatic heterocycles. The standard InChI is InChI=1S/C22H21N3O3/c1-24-8-9-25-17(22(24)26)11-15-14-4-2-3-5-16(14)23-20(15)21(25)13-6-7-18-19(10-13)28-12-27-18/h2-7,10,17,21,23H,8-9,11-12H2,1H3/t17?,21-/m1/s1. The molecule has 1 unspecified atom stereocenters. The molecule has 0 aliphatic carbocycles. The van der Waals surface area contributed by atoms with E-state index in [2.05, 4.69) is 40.2 Å². The largest absolute Gasteiger partial charge is 0.454 e. The maximum atomic E-state index is 13.0. The van der Waals surface area contributed by atoms with Gasteiger partial charge in [0.25, 0.3) is 0 Å². The summed E-state index contributed by atoms with van der Waals surface area (Å²) in [6.45, 7) is 1.85. The second-order valence-corrected chi connectivity index (χ2v) is 7.80. The maximum Gasteiger partial charge on any atom is 0.240 e. The molecular weight excluding hydrogens is 354 g/mol. The molecule has 0 bridgehead atoms. The lowest BCUT2D eigenvalue weighted by Gasteiger charge is -2.46. The Balaban J connectivity index is 1.56. The van der Waals surface area contributed by atoms with Crippen molar-refractivity contribution in [1.29, 1.82) is 0 Å². The van der Waals surface area contributed by atoms with Crippen molar-refractivity contribution in [1.82, 2.24) is 14.8 Å². The highest BCUT2D eigenvalue weighted by Gasteiger charge is 2.44. The van der Waals surface area contributed by atoms with Crippen LogP contribution in [0.2, 0.25) is 0 Å². The van der Waals surface area contributed by atoms with E-state index in [1.807, 2.05) is 24.1 Å². The monoisotopic (exact) mass is 375 g/mol. The van der Waals surface area contributed by atoms with E-state index in [0.717, 1.165) is 42.1 Å². The summed E-state index contributed by atoms with van der Waals surface area (Å²) in [5, 5.41) is 1.21. The van der Waals surface area contributed by atoms with Crippen LogP contribution in [-0.4, -0.2) is 53.7 Å². The first-order chi connectivity index (χ1) is 13.7. The van der Waals surface area contributed by atoms with Crippen LogP contribution in [0.3, 0.4) is 0 Å². The van der Waals surface area contributed by atoms with Crippen LogP contribution in [0, 0.1) is 0 Å². The van der Waals surface area contributed by atoms with Gasteiger partial charge in [0.15, 0.2) is 11.5 Å². The Hall–Kier alpha value is -2.99. The van der Waals surface area contributed by atoms with Crippen LogP contribution >= 0.6 is 0 Å². The number of carbonyl (C=O) groups is 1. The number of aromatic nitrogens is 1. The zero-order chi connectivity index (χ0) is 18.8. The van der Waals surface area contributed by atoms with Gasteiger partial charge in [-0.15, -0.1) is 0 Å². The quantitative estimate of drug-likeness (QED) is 0.711. The average Bonchev–Trinajstić information content (AvgIpc) is 3.33. The fourth-order valence-electron chi connectivity index (χ4n) is 4.92. The molecule has 0 radical (unpaired) electrons. The summed E-state index contributed by atoms with van der Waals surface area (Å²) in [7, 11) is 1.90. The van der Waals surface area contributed by atoms with E-state index in [0.29, 0.717) is 0 Å². The molecule has 1 N–H and O–H groups in total. The second-order valence-electron chi connectivity index (χ2n) is 7.80. The number of rotatable bonds is 1. The first-order valence-corrected chi connectivity index (χ1v) is 9.70. The molecule has 1 aromatic heterocycles. The number of hydrogen-bond donors (Lipinski definition) is 1. The topological polar surface area (TPSA) is 57.8 Å². The van der Waals surface area contributed by atoms with E-state index in [9.17, 15) is 4.79 Å². The number of nitrogens with one attached hydrogen (secondary N) is 1. The zero-order valence-corrected chi connectivity index (χ0v) is 15.6. The van der Waals surface area contributed by atoms with Gasteiger partial charge in [-0.25, -0.2) is 0 Å². The van der Waals surface area contributed by atoms with Gasteiger partial charge in [0.2, 0.25) is 12.7 Å². The lowest BCUT2D eigenvalue weighted by Crippen LogP contribution is -2.59. The van der Waals surface area contributed by atoms with Crippen molar-refractivity contribution >= 4 is 16.8 Å². The fourth-order valence-corrected chi connectivity index (χ4v) is 4.92. The van der Waals surface area contributed by atoms with E-state index in [-0.39, 0.29) is 24.8 Å². The van der Waals surface area contributed by atoms with Crippen LogP contribution in [0.1, 0.15) is 22.9 Å². The number of ether oxygens (including phenoxy) is 2. The minimum atomic E-state index is -0.138. The highest BCUT2D eigenvalue weighted by Crippen LogP contribution is 2.44. The van der Waals surface area contributed by atoms with Crippen LogP contribution in [0.25, 0.3) is 10.9 Å². The Morgan fingerprint density at radius 1 is 1.07 bits per heavy atom.